The van der Waals surface area contributed by atoms with E-state index >= 15 is 0 Å². The Labute approximate surface area is 157 Å². The number of nitrogens with zero attached hydrogens (tertiary/aromatic N) is 3. The molecule has 1 amide bonds. The van der Waals surface area contributed by atoms with Gasteiger partial charge in [0.15, 0.2) is 5.82 Å². The van der Waals surface area contributed by atoms with E-state index in [1.807, 2.05) is 50.2 Å². The maximum atomic E-state index is 11.2. The monoisotopic (exact) mass is 367 g/mol. The molecule has 0 aliphatic heterocycles. The predicted molar refractivity (Wildman–Crippen MR) is 101 cm³/mol. The highest BCUT2D eigenvalue weighted by atomic mass is 16.5. The van der Waals surface area contributed by atoms with E-state index in [-0.39, 0.29) is 5.92 Å². The molecule has 0 aliphatic carbocycles. The van der Waals surface area contributed by atoms with Crippen LogP contribution in [-0.2, 0) is 11.3 Å². The van der Waals surface area contributed by atoms with Crippen LogP contribution in [0.15, 0.2) is 47.1 Å². The Morgan fingerprint density at radius 2 is 2.00 bits per heavy atom. The molecule has 0 saturated heterocycles. The molecule has 140 valence electrons. The van der Waals surface area contributed by atoms with E-state index in [0.29, 0.717) is 29.8 Å². The van der Waals surface area contributed by atoms with Crippen LogP contribution < -0.4 is 10.6 Å². The Morgan fingerprint density at radius 3 is 2.67 bits per heavy atom. The van der Waals surface area contributed by atoms with Crippen LogP contribution in [0.2, 0.25) is 0 Å². The molecule has 0 spiro atoms. The number of hydrogen-bond acceptors (Lipinski definition) is 7. The minimum absolute atomic E-state index is 0.207. The summed E-state index contributed by atoms with van der Waals surface area (Å²) in [5, 5.41) is 9.85. The van der Waals surface area contributed by atoms with Crippen LogP contribution in [-0.4, -0.2) is 28.3 Å². The third kappa shape index (κ3) is 4.81. The number of rotatable bonds is 6. The zero-order valence-electron chi connectivity index (χ0n) is 15.4. The van der Waals surface area contributed by atoms with Crippen molar-refractivity contribution < 1.29 is 14.1 Å². The Bertz CT molecular complexity index is 906. The lowest BCUT2D eigenvalue weighted by Crippen LogP contribution is -2.10. The second-order valence-electron chi connectivity index (χ2n) is 6.21. The number of nitrogens with one attached hydrogen (secondary N) is 2. The lowest BCUT2D eigenvalue weighted by atomic mass is 10.2. The average molecular weight is 367 g/mol. The maximum Gasteiger partial charge on any atom is 0.411 e. The molecule has 0 saturated carbocycles. The maximum absolute atomic E-state index is 11.2. The van der Waals surface area contributed by atoms with Crippen LogP contribution in [0.4, 0.5) is 16.3 Å². The average Bonchev–Trinajstić information content (AvgIpc) is 3.18. The molecule has 1 aromatic carbocycles. The molecule has 3 aromatic rings. The number of carbonyl (C=O) groups excluding carboxylic acids is 1. The Balaban J connectivity index is 1.63. The van der Waals surface area contributed by atoms with Gasteiger partial charge in [0, 0.05) is 29.9 Å². The largest absolute Gasteiger partial charge is 0.453 e. The first-order valence-electron chi connectivity index (χ1n) is 8.53. The number of ether oxygens (including phenoxy) is 1. The van der Waals surface area contributed by atoms with Crippen molar-refractivity contribution in [3.8, 4) is 11.5 Å². The summed E-state index contributed by atoms with van der Waals surface area (Å²) >= 11 is 0. The van der Waals surface area contributed by atoms with Gasteiger partial charge < -0.3 is 14.6 Å². The van der Waals surface area contributed by atoms with Crippen LogP contribution in [0.5, 0.6) is 0 Å². The van der Waals surface area contributed by atoms with Gasteiger partial charge in [-0.1, -0.05) is 31.1 Å². The first kappa shape index (κ1) is 18.4. The van der Waals surface area contributed by atoms with Crippen molar-refractivity contribution >= 4 is 17.6 Å². The summed E-state index contributed by atoms with van der Waals surface area (Å²) in [5.41, 5.74) is 2.52. The molecular weight excluding hydrogens is 346 g/mol. The molecule has 2 N–H and O–H groups in total. The lowest BCUT2D eigenvalue weighted by Gasteiger charge is -2.08. The zero-order chi connectivity index (χ0) is 19.2. The number of aromatic nitrogens is 3. The van der Waals surface area contributed by atoms with Crippen LogP contribution in [0, 0.1) is 0 Å². The number of anilines is 2. The summed E-state index contributed by atoms with van der Waals surface area (Å²) < 4.78 is 9.89. The predicted octanol–water partition coefficient (Wildman–Crippen LogP) is 4.05. The van der Waals surface area contributed by atoms with Gasteiger partial charge in [0.2, 0.25) is 0 Å². The summed E-state index contributed by atoms with van der Waals surface area (Å²) in [6.45, 7) is 4.61. The Hall–Kier alpha value is -3.42. The third-order valence-electron chi connectivity index (χ3n) is 3.82. The van der Waals surface area contributed by atoms with Crippen molar-refractivity contribution in [2.75, 3.05) is 17.7 Å². The normalized spacial score (nSPS) is 10.7. The number of benzene rings is 1. The van der Waals surface area contributed by atoms with Crippen LogP contribution in [0.3, 0.4) is 0 Å². The molecule has 2 aromatic heterocycles. The number of methoxy groups -OCH3 is 1. The molecule has 0 radical (unpaired) electrons. The van der Waals surface area contributed by atoms with E-state index in [1.165, 1.54) is 7.11 Å². The quantitative estimate of drug-likeness (QED) is 0.677. The van der Waals surface area contributed by atoms with E-state index in [4.69, 9.17) is 4.52 Å². The summed E-state index contributed by atoms with van der Waals surface area (Å²) in [4.78, 5) is 19.9. The molecule has 27 heavy (non-hydrogen) atoms. The SMILES string of the molecule is COC(=O)Nc1ccc(CNc2cc(-c3nc(C(C)C)no3)ccn2)cc1. The van der Waals surface area contributed by atoms with E-state index in [1.54, 1.807) is 6.20 Å². The van der Waals surface area contributed by atoms with Crippen molar-refractivity contribution in [1.29, 1.82) is 0 Å². The highest BCUT2D eigenvalue weighted by Crippen LogP contribution is 2.22. The molecule has 0 fully saturated rings. The fourth-order valence-corrected chi connectivity index (χ4v) is 2.31. The fourth-order valence-electron chi connectivity index (χ4n) is 2.31. The van der Waals surface area contributed by atoms with E-state index in [9.17, 15) is 4.79 Å². The first-order chi connectivity index (χ1) is 13.0. The fraction of sp³-hybridized carbons (Fsp3) is 0.263. The first-order valence-corrected chi connectivity index (χ1v) is 8.53. The minimum atomic E-state index is -0.497. The second-order valence-corrected chi connectivity index (χ2v) is 6.21. The molecule has 0 aliphatic rings. The number of carbonyl (C=O) groups is 1. The molecule has 0 atom stereocenters. The van der Waals surface area contributed by atoms with Crippen molar-refractivity contribution in [2.24, 2.45) is 0 Å². The van der Waals surface area contributed by atoms with Crippen molar-refractivity contribution in [3.63, 3.8) is 0 Å². The Kier molecular flexibility index (Phi) is 5.65. The van der Waals surface area contributed by atoms with Crippen molar-refractivity contribution in [2.45, 2.75) is 26.3 Å². The van der Waals surface area contributed by atoms with Gasteiger partial charge in [-0.25, -0.2) is 9.78 Å². The van der Waals surface area contributed by atoms with Gasteiger partial charge >= 0.3 is 6.09 Å². The van der Waals surface area contributed by atoms with Gasteiger partial charge in [-0.05, 0) is 29.8 Å². The molecule has 0 unspecified atom stereocenters. The van der Waals surface area contributed by atoms with Gasteiger partial charge in [-0.15, -0.1) is 0 Å². The summed E-state index contributed by atoms with van der Waals surface area (Å²) in [6, 6.07) is 11.1. The van der Waals surface area contributed by atoms with Gasteiger partial charge in [-0.2, -0.15) is 4.98 Å². The molecule has 8 nitrogen and oxygen atoms in total. The van der Waals surface area contributed by atoms with Crippen LogP contribution in [0.1, 0.15) is 31.2 Å². The van der Waals surface area contributed by atoms with E-state index in [2.05, 4.69) is 30.5 Å². The van der Waals surface area contributed by atoms with Crippen molar-refractivity contribution in [3.05, 3.63) is 54.0 Å². The topological polar surface area (TPSA) is 102 Å². The van der Waals surface area contributed by atoms with Gasteiger partial charge in [-0.3, -0.25) is 5.32 Å². The smallest absolute Gasteiger partial charge is 0.411 e. The summed E-state index contributed by atoms with van der Waals surface area (Å²) in [6.07, 6.45) is 1.20. The summed E-state index contributed by atoms with van der Waals surface area (Å²) in [7, 11) is 1.33. The van der Waals surface area contributed by atoms with E-state index in [0.717, 1.165) is 11.1 Å². The minimum Gasteiger partial charge on any atom is -0.453 e. The third-order valence-corrected chi connectivity index (χ3v) is 3.82. The molecule has 3 rings (SSSR count). The zero-order valence-corrected chi connectivity index (χ0v) is 15.4. The standard InChI is InChI=1S/C19H21N5O3/c1-12(2)17-23-18(27-24-17)14-8-9-20-16(10-14)21-11-13-4-6-15(7-5-13)22-19(25)26-3/h4-10,12H,11H2,1-3H3,(H,20,21)(H,22,25). The molecule has 0 bridgehead atoms. The summed E-state index contributed by atoms with van der Waals surface area (Å²) in [5.74, 6) is 2.06. The van der Waals surface area contributed by atoms with Gasteiger partial charge in [0.25, 0.3) is 5.89 Å². The Morgan fingerprint density at radius 1 is 1.22 bits per heavy atom. The highest BCUT2D eigenvalue weighted by molar-refractivity contribution is 5.84. The second kappa shape index (κ2) is 8.31. The molecule has 2 heterocycles. The molecular formula is C19H21N5O3. The van der Waals surface area contributed by atoms with Gasteiger partial charge in [0.05, 0.1) is 7.11 Å². The number of amides is 1. The molecule has 8 heteroatoms. The highest BCUT2D eigenvalue weighted by Gasteiger charge is 2.12. The van der Waals surface area contributed by atoms with Crippen LogP contribution >= 0.6 is 0 Å². The van der Waals surface area contributed by atoms with Crippen LogP contribution in [0.25, 0.3) is 11.5 Å². The number of pyridine rings is 1. The van der Waals surface area contributed by atoms with E-state index < -0.39 is 6.09 Å². The lowest BCUT2D eigenvalue weighted by molar-refractivity contribution is 0.187. The number of hydrogen-bond donors (Lipinski definition) is 2. The van der Waals surface area contributed by atoms with Crippen molar-refractivity contribution in [1.82, 2.24) is 15.1 Å². The van der Waals surface area contributed by atoms with Gasteiger partial charge in [0.1, 0.15) is 5.82 Å².